The summed E-state index contributed by atoms with van der Waals surface area (Å²) < 4.78 is 11.8. The second-order valence-electron chi connectivity index (χ2n) is 11.7. The lowest BCUT2D eigenvalue weighted by molar-refractivity contribution is -0.187. The summed E-state index contributed by atoms with van der Waals surface area (Å²) in [5.74, 6) is -1.33. The fraction of sp³-hybridized carbons (Fsp3) is 0.615. The van der Waals surface area contributed by atoms with Crippen LogP contribution in [0, 0.1) is 27.6 Å². The normalized spacial score (nSPS) is 50.6. The van der Waals surface area contributed by atoms with E-state index < -0.39 is 45.1 Å². The van der Waals surface area contributed by atoms with Crippen LogP contribution in [0.2, 0.25) is 0 Å². The number of carbonyl (C=O) groups is 2. The van der Waals surface area contributed by atoms with E-state index in [1.54, 1.807) is 38.5 Å². The Morgan fingerprint density at radius 2 is 1.84 bits per heavy atom. The van der Waals surface area contributed by atoms with E-state index >= 15 is 0 Å². The second kappa shape index (κ2) is 5.48. The van der Waals surface area contributed by atoms with Gasteiger partial charge >= 0.3 is 0 Å². The SMILES string of the molecule is CC1(C)C(=O)C=C[C@@]2(C)C1=C(O)C(=O)[C@]1(C)[C@@H]2[C@@H](O)C[C@@]2(C)[C@H](c3ccoc3)C[C@H]3O[C@]321. The lowest BCUT2D eigenvalue weighted by Crippen LogP contribution is -2.70. The van der Waals surface area contributed by atoms with Crippen molar-refractivity contribution >= 4 is 11.6 Å². The van der Waals surface area contributed by atoms with Crippen molar-refractivity contribution in [2.45, 2.75) is 71.2 Å². The number of furan rings is 1. The molecule has 6 heteroatoms. The van der Waals surface area contributed by atoms with Gasteiger partial charge in [-0.1, -0.05) is 19.9 Å². The van der Waals surface area contributed by atoms with Gasteiger partial charge in [0, 0.05) is 16.7 Å². The number of carbonyl (C=O) groups excluding carboxylic acids is 2. The minimum atomic E-state index is -1.13. The fourth-order valence-electron chi connectivity index (χ4n) is 8.95. The Labute approximate surface area is 187 Å². The van der Waals surface area contributed by atoms with Gasteiger partial charge in [0.05, 0.1) is 35.6 Å². The molecule has 0 bridgehead atoms. The highest BCUT2D eigenvalue weighted by Gasteiger charge is 2.88. The molecule has 1 aromatic rings. The van der Waals surface area contributed by atoms with Crippen LogP contribution >= 0.6 is 0 Å². The summed E-state index contributed by atoms with van der Waals surface area (Å²) in [5, 5.41) is 23.1. The van der Waals surface area contributed by atoms with Gasteiger partial charge in [0.1, 0.15) is 5.60 Å². The highest BCUT2D eigenvalue weighted by Crippen LogP contribution is 2.81. The quantitative estimate of drug-likeness (QED) is 0.646. The minimum Gasteiger partial charge on any atom is -0.504 e. The van der Waals surface area contributed by atoms with Crippen molar-refractivity contribution in [3.63, 3.8) is 0 Å². The zero-order chi connectivity index (χ0) is 23.1. The lowest BCUT2D eigenvalue weighted by Gasteiger charge is -2.63. The van der Waals surface area contributed by atoms with Crippen LogP contribution in [0.4, 0.5) is 0 Å². The molecular formula is C26H30O6. The Morgan fingerprint density at radius 3 is 2.50 bits per heavy atom. The first-order valence-corrected chi connectivity index (χ1v) is 11.5. The summed E-state index contributed by atoms with van der Waals surface area (Å²) in [7, 11) is 0. The van der Waals surface area contributed by atoms with E-state index in [1.165, 1.54) is 0 Å². The average molecular weight is 439 g/mol. The molecule has 0 radical (unpaired) electrons. The molecule has 6 rings (SSSR count). The van der Waals surface area contributed by atoms with Crippen molar-refractivity contribution in [3.8, 4) is 0 Å². The van der Waals surface area contributed by atoms with Crippen LogP contribution in [-0.2, 0) is 14.3 Å². The van der Waals surface area contributed by atoms with Crippen molar-refractivity contribution in [2.24, 2.45) is 27.6 Å². The smallest absolute Gasteiger partial charge is 0.206 e. The highest BCUT2D eigenvalue weighted by atomic mass is 16.6. The van der Waals surface area contributed by atoms with Gasteiger partial charge in [0.15, 0.2) is 11.5 Å². The molecule has 170 valence electrons. The summed E-state index contributed by atoms with van der Waals surface area (Å²) in [6.07, 6.45) is 7.02. The molecule has 8 atom stereocenters. The second-order valence-corrected chi connectivity index (χ2v) is 11.7. The molecular weight excluding hydrogens is 408 g/mol. The number of aliphatic hydroxyl groups is 2. The van der Waals surface area contributed by atoms with E-state index in [0.29, 0.717) is 12.0 Å². The zero-order valence-corrected chi connectivity index (χ0v) is 19.1. The molecule has 1 saturated heterocycles. The number of allylic oxidation sites excluding steroid dienone is 4. The maximum atomic E-state index is 14.1. The number of hydrogen-bond donors (Lipinski definition) is 2. The molecule has 1 spiro atoms. The van der Waals surface area contributed by atoms with Gasteiger partial charge in [0.2, 0.25) is 5.78 Å². The molecule has 32 heavy (non-hydrogen) atoms. The van der Waals surface area contributed by atoms with Crippen LogP contribution in [0.5, 0.6) is 0 Å². The van der Waals surface area contributed by atoms with E-state index in [-0.39, 0.29) is 23.6 Å². The third kappa shape index (κ3) is 1.82. The van der Waals surface area contributed by atoms with Crippen molar-refractivity contribution in [3.05, 3.63) is 47.6 Å². The Hall–Kier alpha value is -2.18. The predicted octanol–water partition coefficient (Wildman–Crippen LogP) is 3.86. The van der Waals surface area contributed by atoms with E-state index in [4.69, 9.17) is 9.15 Å². The maximum Gasteiger partial charge on any atom is 0.206 e. The first-order valence-electron chi connectivity index (χ1n) is 11.5. The number of hydrogen-bond acceptors (Lipinski definition) is 6. The van der Waals surface area contributed by atoms with Gasteiger partial charge in [-0.05, 0) is 62.8 Å². The fourth-order valence-corrected chi connectivity index (χ4v) is 8.95. The van der Waals surface area contributed by atoms with Gasteiger partial charge in [-0.2, -0.15) is 0 Å². The first kappa shape index (κ1) is 20.4. The van der Waals surface area contributed by atoms with Crippen LogP contribution in [0.25, 0.3) is 0 Å². The molecule has 1 aliphatic heterocycles. The molecule has 2 heterocycles. The maximum absolute atomic E-state index is 14.1. The number of rotatable bonds is 1. The molecule has 4 aliphatic carbocycles. The molecule has 3 fully saturated rings. The van der Waals surface area contributed by atoms with E-state index in [9.17, 15) is 19.8 Å². The minimum absolute atomic E-state index is 0.0838. The van der Waals surface area contributed by atoms with Gasteiger partial charge < -0.3 is 19.4 Å². The summed E-state index contributed by atoms with van der Waals surface area (Å²) in [4.78, 5) is 26.8. The van der Waals surface area contributed by atoms with Crippen LogP contribution in [0.1, 0.15) is 58.9 Å². The van der Waals surface area contributed by atoms with Crippen molar-refractivity contribution < 1.29 is 29.0 Å². The molecule has 2 N–H and O–H groups in total. The van der Waals surface area contributed by atoms with Gasteiger partial charge in [-0.3, -0.25) is 9.59 Å². The number of epoxide rings is 1. The van der Waals surface area contributed by atoms with E-state index in [2.05, 4.69) is 6.92 Å². The molecule has 1 aromatic heterocycles. The number of ketones is 2. The number of Topliss-reactive ketones (excluding diaryl/α,β-unsaturated/α-hetero) is 1. The van der Waals surface area contributed by atoms with E-state index in [1.807, 2.05) is 19.9 Å². The van der Waals surface area contributed by atoms with Crippen LogP contribution in [-0.4, -0.2) is 39.6 Å². The molecule has 0 unspecified atom stereocenters. The van der Waals surface area contributed by atoms with Gasteiger partial charge in [-0.25, -0.2) is 0 Å². The van der Waals surface area contributed by atoms with Crippen molar-refractivity contribution in [1.82, 2.24) is 0 Å². The summed E-state index contributed by atoms with van der Waals surface area (Å²) in [5.41, 5.74) is -2.82. The first-order chi connectivity index (χ1) is 14.9. The standard InChI is InChI=1S/C26H30O6/c1-22(2)16(28)6-8-23(3)19-15(27)11-24(4)14(13-7-9-31-12-13)10-17-26(24,32-17)25(19,5)21(30)18(29)20(22)23/h6-9,12,14-15,17,19,27,29H,10-11H2,1-5H3/t14-,15-,17+,19+,23+,24-,25-,26+/m0/s1. The Kier molecular flexibility index (Phi) is 3.50. The number of ether oxygens (including phenoxy) is 1. The highest BCUT2D eigenvalue weighted by molar-refractivity contribution is 6.06. The summed E-state index contributed by atoms with van der Waals surface area (Å²) in [6.45, 7) is 9.42. The molecule has 2 saturated carbocycles. The van der Waals surface area contributed by atoms with Crippen LogP contribution in [0.3, 0.4) is 0 Å². The zero-order valence-electron chi connectivity index (χ0n) is 19.1. The molecule has 0 aromatic carbocycles. The van der Waals surface area contributed by atoms with Crippen molar-refractivity contribution in [2.75, 3.05) is 0 Å². The topological polar surface area (TPSA) is 100 Å². The number of aliphatic hydroxyl groups excluding tert-OH is 2. The van der Waals surface area contributed by atoms with Gasteiger partial charge in [-0.15, -0.1) is 0 Å². The van der Waals surface area contributed by atoms with E-state index in [0.717, 1.165) is 12.0 Å². The molecule has 0 amide bonds. The third-order valence-electron chi connectivity index (χ3n) is 10.1. The van der Waals surface area contributed by atoms with Crippen LogP contribution < -0.4 is 0 Å². The molecule has 5 aliphatic rings. The average Bonchev–Trinajstić information content (AvgIpc) is 3.08. The predicted molar refractivity (Wildman–Crippen MR) is 115 cm³/mol. The van der Waals surface area contributed by atoms with Crippen molar-refractivity contribution in [1.29, 1.82) is 0 Å². The summed E-state index contributed by atoms with van der Waals surface area (Å²) in [6, 6.07) is 1.95. The summed E-state index contributed by atoms with van der Waals surface area (Å²) >= 11 is 0. The number of fused-ring (bicyclic) bond motifs is 3. The largest absolute Gasteiger partial charge is 0.504 e. The molecule has 6 nitrogen and oxygen atoms in total. The Bertz CT molecular complexity index is 1130. The lowest BCUT2D eigenvalue weighted by atomic mass is 9.38. The Morgan fingerprint density at radius 1 is 1.12 bits per heavy atom. The van der Waals surface area contributed by atoms with Crippen LogP contribution in [0.15, 0.2) is 46.5 Å². The Balaban J connectivity index is 1.60. The third-order valence-corrected chi connectivity index (χ3v) is 10.1. The monoisotopic (exact) mass is 438 g/mol. The van der Waals surface area contributed by atoms with Gasteiger partial charge in [0.25, 0.3) is 0 Å².